The molecule has 0 aromatic carbocycles. The number of anilines is 2. The average Bonchev–Trinajstić information content (AvgIpc) is 3.08. The monoisotopic (exact) mass is 323 g/mol. The van der Waals surface area contributed by atoms with Crippen LogP contribution in [0.2, 0.25) is 0 Å². The van der Waals surface area contributed by atoms with Gasteiger partial charge in [-0.05, 0) is 23.6 Å². The highest BCUT2D eigenvalue weighted by molar-refractivity contribution is 8.03. The van der Waals surface area contributed by atoms with Gasteiger partial charge >= 0.3 is 5.97 Å². The molecular weight excluding hydrogens is 314 g/mol. The minimum absolute atomic E-state index is 0.208. The van der Waals surface area contributed by atoms with Crippen LogP contribution in [0.1, 0.15) is 9.67 Å². The Kier molecular flexibility index (Phi) is 3.41. The van der Waals surface area contributed by atoms with Gasteiger partial charge in [-0.15, -0.1) is 22.7 Å². The van der Waals surface area contributed by atoms with Crippen LogP contribution in [0.4, 0.5) is 11.4 Å². The number of amides is 1. The van der Waals surface area contributed by atoms with E-state index in [0.717, 1.165) is 19.8 Å². The fourth-order valence-electron chi connectivity index (χ4n) is 1.87. The standard InChI is InChI=1S/C13H9NO3S3/c1-3-10(15)14-7-4-5-18-12(7)20-13-8(14)6-9(19-13)11(16)17-2/h3-6H,1H2,2H3. The fourth-order valence-corrected chi connectivity index (χ4v) is 5.40. The lowest BCUT2D eigenvalue weighted by atomic mass is 10.3. The second-order valence-corrected chi connectivity index (χ2v) is 7.35. The molecule has 3 rings (SSSR count). The van der Waals surface area contributed by atoms with Crippen LogP contribution >= 0.6 is 34.4 Å². The minimum Gasteiger partial charge on any atom is -0.465 e. The first-order valence-electron chi connectivity index (χ1n) is 5.59. The third kappa shape index (κ3) is 1.98. The van der Waals surface area contributed by atoms with Crippen LogP contribution in [-0.2, 0) is 9.53 Å². The molecular formula is C13H9NO3S3. The van der Waals surface area contributed by atoms with Crippen LogP contribution in [0.15, 0.2) is 38.6 Å². The predicted octanol–water partition coefficient (Wildman–Crippen LogP) is 3.91. The van der Waals surface area contributed by atoms with E-state index in [4.69, 9.17) is 4.74 Å². The number of carbonyl (C=O) groups is 2. The second-order valence-electron chi connectivity index (χ2n) is 3.85. The van der Waals surface area contributed by atoms with Gasteiger partial charge in [-0.2, -0.15) is 0 Å². The average molecular weight is 323 g/mol. The first-order chi connectivity index (χ1) is 9.65. The predicted molar refractivity (Wildman–Crippen MR) is 81.4 cm³/mol. The number of rotatable bonds is 2. The Bertz CT molecular complexity index is 716. The molecule has 1 amide bonds. The number of methoxy groups -OCH3 is 1. The molecule has 2 aromatic rings. The van der Waals surface area contributed by atoms with Crippen molar-refractivity contribution >= 4 is 57.7 Å². The third-order valence-corrected chi connectivity index (χ3v) is 6.16. The van der Waals surface area contributed by atoms with E-state index < -0.39 is 0 Å². The summed E-state index contributed by atoms with van der Waals surface area (Å²) >= 11 is 4.47. The van der Waals surface area contributed by atoms with E-state index >= 15 is 0 Å². The molecule has 0 fully saturated rings. The molecule has 4 nitrogen and oxygen atoms in total. The minimum atomic E-state index is -0.389. The largest absolute Gasteiger partial charge is 0.465 e. The molecule has 7 heteroatoms. The van der Waals surface area contributed by atoms with Gasteiger partial charge in [0, 0.05) is 0 Å². The summed E-state index contributed by atoms with van der Waals surface area (Å²) in [6.07, 6.45) is 1.27. The van der Waals surface area contributed by atoms with Crippen molar-refractivity contribution in [3.8, 4) is 0 Å². The number of hydrogen-bond acceptors (Lipinski definition) is 6. The van der Waals surface area contributed by atoms with Crippen molar-refractivity contribution in [1.82, 2.24) is 0 Å². The van der Waals surface area contributed by atoms with Crippen LogP contribution in [0.5, 0.6) is 0 Å². The summed E-state index contributed by atoms with van der Waals surface area (Å²) in [7, 11) is 1.34. The summed E-state index contributed by atoms with van der Waals surface area (Å²) in [5, 5.41) is 1.94. The molecule has 20 heavy (non-hydrogen) atoms. The van der Waals surface area contributed by atoms with E-state index in [1.807, 2.05) is 11.4 Å². The highest BCUT2D eigenvalue weighted by Crippen LogP contribution is 2.54. The van der Waals surface area contributed by atoms with Crippen molar-refractivity contribution < 1.29 is 14.3 Å². The topological polar surface area (TPSA) is 46.6 Å². The Hall–Kier alpha value is -1.57. The lowest BCUT2D eigenvalue weighted by molar-refractivity contribution is -0.113. The Labute approximate surface area is 127 Å². The fraction of sp³-hybridized carbons (Fsp3) is 0.0769. The molecule has 102 valence electrons. The van der Waals surface area contributed by atoms with Crippen LogP contribution in [0.3, 0.4) is 0 Å². The summed E-state index contributed by atoms with van der Waals surface area (Å²) in [6.45, 7) is 3.54. The number of carbonyl (C=O) groups excluding carboxylic acids is 2. The maximum atomic E-state index is 12.1. The highest BCUT2D eigenvalue weighted by atomic mass is 32.2. The van der Waals surface area contributed by atoms with E-state index in [1.165, 1.54) is 24.5 Å². The van der Waals surface area contributed by atoms with Crippen molar-refractivity contribution in [2.45, 2.75) is 8.42 Å². The van der Waals surface area contributed by atoms with Gasteiger partial charge in [0.2, 0.25) is 0 Å². The number of hydrogen-bond donors (Lipinski definition) is 0. The van der Waals surface area contributed by atoms with E-state index in [2.05, 4.69) is 6.58 Å². The number of fused-ring (bicyclic) bond motifs is 2. The molecule has 0 saturated heterocycles. The number of thiophene rings is 2. The van der Waals surface area contributed by atoms with Gasteiger partial charge in [0.05, 0.1) is 26.9 Å². The Morgan fingerprint density at radius 2 is 2.15 bits per heavy atom. The van der Waals surface area contributed by atoms with Crippen LogP contribution in [0.25, 0.3) is 0 Å². The zero-order chi connectivity index (χ0) is 14.3. The molecule has 0 aliphatic carbocycles. The smallest absolute Gasteiger partial charge is 0.348 e. The van der Waals surface area contributed by atoms with Crippen molar-refractivity contribution in [3.05, 3.63) is 35.0 Å². The molecule has 0 N–H and O–H groups in total. The lowest BCUT2D eigenvalue weighted by Gasteiger charge is -2.25. The molecule has 3 heterocycles. The third-order valence-electron chi connectivity index (χ3n) is 2.74. The van der Waals surface area contributed by atoms with E-state index in [9.17, 15) is 9.59 Å². The number of ether oxygens (including phenoxy) is 1. The van der Waals surface area contributed by atoms with E-state index in [1.54, 1.807) is 34.1 Å². The van der Waals surface area contributed by atoms with Crippen molar-refractivity contribution in [2.24, 2.45) is 0 Å². The molecule has 0 spiro atoms. The van der Waals surface area contributed by atoms with Crippen molar-refractivity contribution in [1.29, 1.82) is 0 Å². The molecule has 1 aliphatic rings. The van der Waals surface area contributed by atoms with Crippen molar-refractivity contribution in [3.63, 3.8) is 0 Å². The number of nitrogens with zero attached hydrogens (tertiary/aromatic N) is 1. The van der Waals surface area contributed by atoms with Gasteiger partial charge in [0.15, 0.2) is 0 Å². The molecule has 0 saturated carbocycles. The van der Waals surface area contributed by atoms with E-state index in [-0.39, 0.29) is 11.9 Å². The van der Waals surface area contributed by atoms with E-state index in [0.29, 0.717) is 4.88 Å². The van der Waals surface area contributed by atoms with Crippen molar-refractivity contribution in [2.75, 3.05) is 12.0 Å². The maximum Gasteiger partial charge on any atom is 0.348 e. The molecule has 2 aromatic heterocycles. The Morgan fingerprint density at radius 1 is 1.35 bits per heavy atom. The second kappa shape index (κ2) is 5.08. The molecule has 0 bridgehead atoms. The van der Waals surface area contributed by atoms with Gasteiger partial charge in [-0.3, -0.25) is 9.69 Å². The quantitative estimate of drug-likeness (QED) is 0.621. The Morgan fingerprint density at radius 3 is 2.85 bits per heavy atom. The molecule has 0 radical (unpaired) electrons. The lowest BCUT2D eigenvalue weighted by Crippen LogP contribution is -2.24. The first kappa shape index (κ1) is 13.4. The van der Waals surface area contributed by atoms with Gasteiger partial charge < -0.3 is 4.74 Å². The Balaban J connectivity index is 2.14. The summed E-state index contributed by atoms with van der Waals surface area (Å²) in [6, 6.07) is 3.59. The zero-order valence-corrected chi connectivity index (χ0v) is 12.9. The molecule has 0 atom stereocenters. The zero-order valence-electron chi connectivity index (χ0n) is 10.4. The summed E-state index contributed by atoms with van der Waals surface area (Å²) in [5.41, 5.74) is 1.56. The maximum absolute atomic E-state index is 12.1. The summed E-state index contributed by atoms with van der Waals surface area (Å²) in [4.78, 5) is 25.9. The van der Waals surface area contributed by atoms with Gasteiger partial charge in [-0.1, -0.05) is 18.3 Å². The SMILES string of the molecule is C=CC(=O)N1c2ccsc2Sc2sc(C(=O)OC)cc21. The highest BCUT2D eigenvalue weighted by Gasteiger charge is 2.31. The van der Waals surface area contributed by atoms with Crippen LogP contribution < -0.4 is 4.90 Å². The first-order valence-corrected chi connectivity index (χ1v) is 8.11. The van der Waals surface area contributed by atoms with Gasteiger partial charge in [0.25, 0.3) is 5.91 Å². The van der Waals surface area contributed by atoms with Crippen LogP contribution in [0, 0.1) is 0 Å². The summed E-state index contributed by atoms with van der Waals surface area (Å²) < 4.78 is 6.68. The number of esters is 1. The molecule has 1 aliphatic heterocycles. The van der Waals surface area contributed by atoms with Gasteiger partial charge in [0.1, 0.15) is 4.88 Å². The molecule has 0 unspecified atom stereocenters. The van der Waals surface area contributed by atoms with Gasteiger partial charge in [-0.25, -0.2) is 4.79 Å². The van der Waals surface area contributed by atoms with Crippen LogP contribution in [-0.4, -0.2) is 19.0 Å². The summed E-state index contributed by atoms with van der Waals surface area (Å²) in [5.74, 6) is -0.597. The normalized spacial score (nSPS) is 12.6.